The van der Waals surface area contributed by atoms with Gasteiger partial charge >= 0.3 is 0 Å². The molecule has 1 aliphatic heterocycles. The molecule has 0 amide bonds. The van der Waals surface area contributed by atoms with Gasteiger partial charge in [-0.2, -0.15) is 0 Å². The van der Waals surface area contributed by atoms with Crippen LogP contribution in [0.3, 0.4) is 0 Å². The van der Waals surface area contributed by atoms with Gasteiger partial charge in [0.15, 0.2) is 0 Å². The first kappa shape index (κ1) is 7.80. The van der Waals surface area contributed by atoms with Crippen LogP contribution in [0.25, 0.3) is 0 Å². The van der Waals surface area contributed by atoms with Crippen molar-refractivity contribution in [3.8, 4) is 0 Å². The van der Waals surface area contributed by atoms with Gasteiger partial charge in [0.25, 0.3) is 0 Å². The first-order valence-corrected chi connectivity index (χ1v) is 4.55. The van der Waals surface area contributed by atoms with E-state index in [4.69, 9.17) is 0 Å². The van der Waals surface area contributed by atoms with Crippen molar-refractivity contribution in [1.82, 2.24) is 14.9 Å². The molecule has 0 saturated carbocycles. The maximum Gasteiger partial charge on any atom is 0.0946 e. The average Bonchev–Trinajstić information content (AvgIpc) is 2.63. The van der Waals surface area contributed by atoms with E-state index < -0.39 is 0 Å². The Morgan fingerprint density at radius 1 is 1.75 bits per heavy atom. The van der Waals surface area contributed by atoms with Gasteiger partial charge in [0.1, 0.15) is 0 Å². The number of aryl methyl sites for hydroxylation is 1. The van der Waals surface area contributed by atoms with Gasteiger partial charge in [-0.3, -0.25) is 0 Å². The van der Waals surface area contributed by atoms with E-state index in [1.807, 2.05) is 17.9 Å². The van der Waals surface area contributed by atoms with Crippen molar-refractivity contribution in [3.05, 3.63) is 18.2 Å². The van der Waals surface area contributed by atoms with Crippen molar-refractivity contribution in [2.24, 2.45) is 7.05 Å². The zero-order chi connectivity index (χ0) is 8.39. The van der Waals surface area contributed by atoms with Crippen LogP contribution in [-0.2, 0) is 13.5 Å². The Bertz CT molecular complexity index is 248. The highest BCUT2D eigenvalue weighted by Gasteiger charge is 2.14. The summed E-state index contributed by atoms with van der Waals surface area (Å²) in [6, 6.07) is 0.667. The summed E-state index contributed by atoms with van der Waals surface area (Å²) < 4.78 is 2.00. The van der Waals surface area contributed by atoms with Gasteiger partial charge in [0, 0.05) is 25.7 Å². The van der Waals surface area contributed by atoms with Gasteiger partial charge < -0.3 is 9.88 Å². The van der Waals surface area contributed by atoms with Crippen molar-refractivity contribution in [1.29, 1.82) is 0 Å². The van der Waals surface area contributed by atoms with E-state index in [1.54, 1.807) is 0 Å². The molecule has 1 saturated heterocycles. The largest absolute Gasteiger partial charge is 0.340 e. The highest BCUT2D eigenvalue weighted by Crippen LogP contribution is 2.09. The molecule has 0 aliphatic carbocycles. The van der Waals surface area contributed by atoms with Crippen LogP contribution < -0.4 is 5.32 Å². The van der Waals surface area contributed by atoms with E-state index >= 15 is 0 Å². The SMILES string of the molecule is Cn1cnc(CC2CCCN2)c1. The molecule has 1 fully saturated rings. The van der Waals surface area contributed by atoms with E-state index in [9.17, 15) is 0 Å². The summed E-state index contributed by atoms with van der Waals surface area (Å²) in [5.41, 5.74) is 1.21. The molecule has 2 rings (SSSR count). The topological polar surface area (TPSA) is 29.9 Å². The number of hydrogen-bond acceptors (Lipinski definition) is 2. The second kappa shape index (κ2) is 3.27. The van der Waals surface area contributed by atoms with E-state index in [1.165, 1.54) is 25.1 Å². The van der Waals surface area contributed by atoms with Crippen LogP contribution in [0.2, 0.25) is 0 Å². The third kappa shape index (κ3) is 1.67. The minimum Gasteiger partial charge on any atom is -0.340 e. The zero-order valence-corrected chi connectivity index (χ0v) is 7.45. The Morgan fingerprint density at radius 2 is 2.67 bits per heavy atom. The molecule has 12 heavy (non-hydrogen) atoms. The molecule has 0 bridgehead atoms. The number of nitrogens with one attached hydrogen (secondary N) is 1. The second-order valence-corrected chi connectivity index (χ2v) is 3.53. The standard InChI is InChI=1S/C9H15N3/c1-12-6-9(11-7-12)5-8-3-2-4-10-8/h6-8,10H,2-5H2,1H3. The lowest BCUT2D eigenvalue weighted by molar-refractivity contribution is 0.596. The lowest BCUT2D eigenvalue weighted by atomic mass is 10.1. The van der Waals surface area contributed by atoms with Crippen LogP contribution in [0.5, 0.6) is 0 Å². The lowest BCUT2D eigenvalue weighted by Gasteiger charge is -2.06. The smallest absolute Gasteiger partial charge is 0.0946 e. The molecule has 1 aromatic heterocycles. The van der Waals surface area contributed by atoms with E-state index in [0.29, 0.717) is 6.04 Å². The molecule has 1 unspecified atom stereocenters. The van der Waals surface area contributed by atoms with Crippen LogP contribution >= 0.6 is 0 Å². The number of rotatable bonds is 2. The Morgan fingerprint density at radius 3 is 3.25 bits per heavy atom. The summed E-state index contributed by atoms with van der Waals surface area (Å²) >= 11 is 0. The predicted octanol–water partition coefficient (Wildman–Crippen LogP) is 0.715. The minimum absolute atomic E-state index is 0.667. The van der Waals surface area contributed by atoms with Crippen molar-refractivity contribution in [2.75, 3.05) is 6.54 Å². The Hall–Kier alpha value is -0.830. The van der Waals surface area contributed by atoms with Crippen LogP contribution in [-0.4, -0.2) is 22.1 Å². The number of aromatic nitrogens is 2. The monoisotopic (exact) mass is 165 g/mol. The molecule has 66 valence electrons. The highest BCUT2D eigenvalue weighted by atomic mass is 15.0. The highest BCUT2D eigenvalue weighted by molar-refractivity contribution is 5.00. The number of nitrogens with zero attached hydrogens (tertiary/aromatic N) is 2. The molecular weight excluding hydrogens is 150 g/mol. The Balaban J connectivity index is 1.94. The van der Waals surface area contributed by atoms with Crippen molar-refractivity contribution in [2.45, 2.75) is 25.3 Å². The summed E-state index contributed by atoms with van der Waals surface area (Å²) in [4.78, 5) is 4.30. The van der Waals surface area contributed by atoms with Gasteiger partial charge in [-0.1, -0.05) is 0 Å². The Labute approximate surface area is 72.8 Å². The fourth-order valence-corrected chi connectivity index (χ4v) is 1.76. The summed E-state index contributed by atoms with van der Waals surface area (Å²) in [7, 11) is 2.01. The van der Waals surface area contributed by atoms with Gasteiger partial charge in [-0.05, 0) is 19.4 Å². The number of hydrogen-bond donors (Lipinski definition) is 1. The summed E-state index contributed by atoms with van der Waals surface area (Å²) in [6.07, 6.45) is 7.67. The summed E-state index contributed by atoms with van der Waals surface area (Å²) in [6.45, 7) is 1.18. The first-order chi connectivity index (χ1) is 5.84. The fourth-order valence-electron chi connectivity index (χ4n) is 1.76. The molecule has 1 aromatic rings. The third-order valence-corrected chi connectivity index (χ3v) is 2.38. The number of imidazole rings is 1. The van der Waals surface area contributed by atoms with Crippen molar-refractivity contribution >= 4 is 0 Å². The van der Waals surface area contributed by atoms with Gasteiger partial charge in [-0.25, -0.2) is 4.98 Å². The fraction of sp³-hybridized carbons (Fsp3) is 0.667. The van der Waals surface area contributed by atoms with Gasteiger partial charge in [0.05, 0.1) is 12.0 Å². The van der Waals surface area contributed by atoms with Crippen molar-refractivity contribution in [3.63, 3.8) is 0 Å². The molecule has 2 heterocycles. The lowest BCUT2D eigenvalue weighted by Crippen LogP contribution is -2.23. The quantitative estimate of drug-likeness (QED) is 0.699. The molecule has 1 N–H and O–H groups in total. The van der Waals surface area contributed by atoms with Gasteiger partial charge in [-0.15, -0.1) is 0 Å². The third-order valence-electron chi connectivity index (χ3n) is 2.38. The Kier molecular flexibility index (Phi) is 2.13. The summed E-state index contributed by atoms with van der Waals surface area (Å²) in [5.74, 6) is 0. The van der Waals surface area contributed by atoms with Crippen LogP contribution in [0.4, 0.5) is 0 Å². The molecule has 0 aromatic carbocycles. The molecule has 1 atom stereocenters. The van der Waals surface area contributed by atoms with Gasteiger partial charge in [0.2, 0.25) is 0 Å². The zero-order valence-electron chi connectivity index (χ0n) is 7.45. The average molecular weight is 165 g/mol. The maximum atomic E-state index is 4.30. The molecule has 1 aliphatic rings. The predicted molar refractivity (Wildman–Crippen MR) is 47.9 cm³/mol. The molecule has 3 heteroatoms. The van der Waals surface area contributed by atoms with Crippen LogP contribution in [0, 0.1) is 0 Å². The van der Waals surface area contributed by atoms with Crippen LogP contribution in [0.1, 0.15) is 18.5 Å². The van der Waals surface area contributed by atoms with E-state index in [0.717, 1.165) is 6.42 Å². The maximum absolute atomic E-state index is 4.30. The van der Waals surface area contributed by atoms with E-state index in [2.05, 4.69) is 16.5 Å². The second-order valence-electron chi connectivity index (χ2n) is 3.53. The first-order valence-electron chi connectivity index (χ1n) is 4.55. The molecule has 0 spiro atoms. The van der Waals surface area contributed by atoms with Crippen molar-refractivity contribution < 1.29 is 0 Å². The normalized spacial score (nSPS) is 23.2. The minimum atomic E-state index is 0.667. The van der Waals surface area contributed by atoms with Crippen LogP contribution in [0.15, 0.2) is 12.5 Å². The molecule has 3 nitrogen and oxygen atoms in total. The molecular formula is C9H15N3. The summed E-state index contributed by atoms with van der Waals surface area (Å²) in [5, 5.41) is 3.47. The molecule has 0 radical (unpaired) electrons. The van der Waals surface area contributed by atoms with E-state index in [-0.39, 0.29) is 0 Å².